The van der Waals surface area contributed by atoms with Gasteiger partial charge in [-0.2, -0.15) is 5.10 Å². The summed E-state index contributed by atoms with van der Waals surface area (Å²) in [4.78, 5) is 16.9. The number of rotatable bonds is 6. The minimum absolute atomic E-state index is 0.247. The quantitative estimate of drug-likeness (QED) is 0.237. The Kier molecular flexibility index (Phi) is 6.11. The molecule has 1 aliphatic carbocycles. The van der Waals surface area contributed by atoms with Gasteiger partial charge in [0.2, 0.25) is 0 Å². The topological polar surface area (TPSA) is 102 Å². The first-order chi connectivity index (χ1) is 19.6. The average molecular weight is 535 g/mol. The van der Waals surface area contributed by atoms with Crippen LogP contribution in [-0.4, -0.2) is 43.3 Å². The van der Waals surface area contributed by atoms with E-state index in [9.17, 15) is 4.39 Å². The smallest absolute Gasteiger partial charge is 0.138 e. The molecule has 0 amide bonds. The zero-order valence-electron chi connectivity index (χ0n) is 21.9. The van der Waals surface area contributed by atoms with Crippen molar-refractivity contribution in [2.24, 2.45) is 0 Å². The third-order valence-corrected chi connectivity index (χ3v) is 7.53. The molecule has 0 atom stereocenters. The summed E-state index contributed by atoms with van der Waals surface area (Å²) < 4.78 is 25.8. The maximum Gasteiger partial charge on any atom is 0.138 e. The van der Waals surface area contributed by atoms with Crippen molar-refractivity contribution in [2.45, 2.75) is 38.2 Å². The Labute approximate surface area is 229 Å². The molecular formula is C31H27FN6O2. The van der Waals surface area contributed by atoms with Crippen LogP contribution in [0.3, 0.4) is 0 Å². The zero-order valence-corrected chi connectivity index (χ0v) is 21.9. The van der Waals surface area contributed by atoms with E-state index in [4.69, 9.17) is 9.47 Å². The van der Waals surface area contributed by atoms with Gasteiger partial charge in [0.1, 0.15) is 23.0 Å². The van der Waals surface area contributed by atoms with Crippen molar-refractivity contribution in [3.63, 3.8) is 0 Å². The van der Waals surface area contributed by atoms with Crippen LogP contribution in [0.15, 0.2) is 67.4 Å². The fraction of sp³-hybridized carbons (Fsp3) is 0.226. The molecule has 0 unspecified atom stereocenters. The van der Waals surface area contributed by atoms with Crippen LogP contribution < -0.4 is 9.47 Å². The van der Waals surface area contributed by atoms with E-state index >= 15 is 0 Å². The number of fused-ring (bicyclic) bond motifs is 2. The van der Waals surface area contributed by atoms with Crippen LogP contribution in [0.1, 0.15) is 32.1 Å². The number of methoxy groups -OCH3 is 1. The van der Waals surface area contributed by atoms with Crippen LogP contribution >= 0.6 is 0 Å². The number of aromatic amines is 2. The highest BCUT2D eigenvalue weighted by Crippen LogP contribution is 2.36. The molecule has 200 valence electrons. The van der Waals surface area contributed by atoms with Crippen LogP contribution in [0.4, 0.5) is 4.39 Å². The summed E-state index contributed by atoms with van der Waals surface area (Å²) >= 11 is 0. The van der Waals surface area contributed by atoms with Crippen molar-refractivity contribution in [3.05, 3.63) is 73.2 Å². The van der Waals surface area contributed by atoms with Crippen LogP contribution in [-0.2, 0) is 0 Å². The molecule has 7 rings (SSSR count). The number of nitrogens with zero attached hydrogens (tertiary/aromatic N) is 4. The standard InChI is InChI=1S/C31H27FN6O2/c1-39-22-8-18(7-20(32)10-22)26-15-34-16-29-24(26)11-28(36-29)31-25-12-27(35-17-30(25)37-38-31)19-9-23(14-33-13-19)40-21-5-3-2-4-6-21/h7-17,21,36H,2-6H2,1H3,(H,37,38). The van der Waals surface area contributed by atoms with Gasteiger partial charge < -0.3 is 14.5 Å². The average Bonchev–Trinajstić information content (AvgIpc) is 3.61. The molecule has 0 spiro atoms. The molecule has 40 heavy (non-hydrogen) atoms. The molecule has 6 aromatic rings. The van der Waals surface area contributed by atoms with Gasteiger partial charge in [0.05, 0.1) is 54.2 Å². The monoisotopic (exact) mass is 534 g/mol. The molecule has 1 aromatic carbocycles. The van der Waals surface area contributed by atoms with Crippen molar-refractivity contribution in [1.82, 2.24) is 30.1 Å². The number of aromatic nitrogens is 6. The normalized spacial score (nSPS) is 14.2. The molecule has 0 saturated heterocycles. The number of pyridine rings is 3. The number of ether oxygens (including phenoxy) is 2. The van der Waals surface area contributed by atoms with Gasteiger partial charge in [0, 0.05) is 40.4 Å². The Morgan fingerprint density at radius 2 is 1.65 bits per heavy atom. The minimum atomic E-state index is -0.372. The third kappa shape index (κ3) is 4.53. The van der Waals surface area contributed by atoms with Gasteiger partial charge in [0.25, 0.3) is 0 Å². The first-order valence-corrected chi connectivity index (χ1v) is 13.4. The van der Waals surface area contributed by atoms with Crippen molar-refractivity contribution in [3.8, 4) is 45.3 Å². The number of benzene rings is 1. The summed E-state index contributed by atoms with van der Waals surface area (Å²) in [5, 5.41) is 9.50. The number of halogens is 1. The van der Waals surface area contributed by atoms with Gasteiger partial charge in [-0.05, 0) is 61.6 Å². The highest BCUT2D eigenvalue weighted by molar-refractivity contribution is 6.01. The first kappa shape index (κ1) is 24.3. The number of hydrogen-bond donors (Lipinski definition) is 2. The lowest BCUT2D eigenvalue weighted by molar-refractivity contribution is 0.154. The Bertz CT molecular complexity index is 1840. The second-order valence-corrected chi connectivity index (χ2v) is 10.2. The van der Waals surface area contributed by atoms with Crippen molar-refractivity contribution in [1.29, 1.82) is 0 Å². The SMILES string of the molecule is COc1cc(F)cc(-c2cncc3[nH]c(-c4n[nH]c5cnc(-c6cncc(OC7CCCCC7)c6)cc45)cc23)c1. The van der Waals surface area contributed by atoms with Gasteiger partial charge in [0.15, 0.2) is 0 Å². The number of hydrogen-bond acceptors (Lipinski definition) is 6. The Morgan fingerprint density at radius 1 is 0.800 bits per heavy atom. The third-order valence-electron chi connectivity index (χ3n) is 7.53. The summed E-state index contributed by atoms with van der Waals surface area (Å²) in [5.41, 5.74) is 6.32. The lowest BCUT2D eigenvalue weighted by atomic mass is 9.98. The molecule has 0 radical (unpaired) electrons. The fourth-order valence-corrected chi connectivity index (χ4v) is 5.52. The number of H-pyrrole nitrogens is 2. The van der Waals surface area contributed by atoms with Crippen LogP contribution in [0.25, 0.3) is 55.6 Å². The highest BCUT2D eigenvalue weighted by atomic mass is 19.1. The van der Waals surface area contributed by atoms with Crippen LogP contribution in [0.5, 0.6) is 11.5 Å². The van der Waals surface area contributed by atoms with E-state index in [1.165, 1.54) is 38.5 Å². The van der Waals surface area contributed by atoms with Crippen molar-refractivity contribution >= 4 is 21.8 Å². The van der Waals surface area contributed by atoms with Gasteiger partial charge in [-0.25, -0.2) is 4.39 Å². The lowest BCUT2D eigenvalue weighted by Crippen LogP contribution is -2.19. The Morgan fingerprint density at radius 3 is 2.52 bits per heavy atom. The van der Waals surface area contributed by atoms with E-state index in [1.807, 2.05) is 18.2 Å². The zero-order chi connectivity index (χ0) is 27.1. The number of nitrogens with one attached hydrogen (secondary N) is 2. The molecule has 2 N–H and O–H groups in total. The Hall–Kier alpha value is -4.79. The largest absolute Gasteiger partial charge is 0.497 e. The van der Waals surface area contributed by atoms with Crippen LogP contribution in [0.2, 0.25) is 0 Å². The Balaban J connectivity index is 1.26. The van der Waals surface area contributed by atoms with E-state index in [0.29, 0.717) is 11.3 Å². The molecule has 9 heteroatoms. The van der Waals surface area contributed by atoms with Crippen molar-refractivity contribution in [2.75, 3.05) is 7.11 Å². The molecule has 5 heterocycles. The maximum atomic E-state index is 14.3. The van der Waals surface area contributed by atoms with Crippen molar-refractivity contribution < 1.29 is 13.9 Å². The summed E-state index contributed by atoms with van der Waals surface area (Å²) in [7, 11) is 1.52. The van der Waals surface area contributed by atoms with E-state index in [1.54, 1.807) is 37.1 Å². The highest BCUT2D eigenvalue weighted by Gasteiger charge is 2.18. The second-order valence-electron chi connectivity index (χ2n) is 10.2. The van der Waals surface area contributed by atoms with Gasteiger partial charge in [-0.3, -0.25) is 20.1 Å². The van der Waals surface area contributed by atoms with E-state index in [0.717, 1.165) is 68.6 Å². The van der Waals surface area contributed by atoms with E-state index in [2.05, 4.69) is 30.1 Å². The summed E-state index contributed by atoms with van der Waals surface area (Å²) in [6.07, 6.45) is 15.0. The van der Waals surface area contributed by atoms with Crippen LogP contribution in [0, 0.1) is 5.82 Å². The molecular weight excluding hydrogens is 507 g/mol. The molecule has 8 nitrogen and oxygen atoms in total. The van der Waals surface area contributed by atoms with Gasteiger partial charge in [-0.15, -0.1) is 0 Å². The molecule has 5 aromatic heterocycles. The maximum absolute atomic E-state index is 14.3. The fourth-order valence-electron chi connectivity index (χ4n) is 5.52. The predicted molar refractivity (Wildman–Crippen MR) is 152 cm³/mol. The predicted octanol–water partition coefficient (Wildman–Crippen LogP) is 7.09. The summed E-state index contributed by atoms with van der Waals surface area (Å²) in [5.74, 6) is 0.843. The van der Waals surface area contributed by atoms with E-state index in [-0.39, 0.29) is 11.9 Å². The summed E-state index contributed by atoms with van der Waals surface area (Å²) in [6, 6.07) is 10.7. The molecule has 1 saturated carbocycles. The minimum Gasteiger partial charge on any atom is -0.497 e. The molecule has 1 fully saturated rings. The second kappa shape index (κ2) is 10.1. The van der Waals surface area contributed by atoms with E-state index < -0.39 is 0 Å². The lowest BCUT2D eigenvalue weighted by Gasteiger charge is -2.22. The molecule has 1 aliphatic rings. The van der Waals surface area contributed by atoms with Gasteiger partial charge >= 0.3 is 0 Å². The van der Waals surface area contributed by atoms with Gasteiger partial charge in [-0.1, -0.05) is 6.42 Å². The first-order valence-electron chi connectivity index (χ1n) is 13.4. The molecule has 0 bridgehead atoms. The summed E-state index contributed by atoms with van der Waals surface area (Å²) in [6.45, 7) is 0. The molecule has 0 aliphatic heterocycles.